The molecule has 0 unspecified atom stereocenters. The molecule has 2 rings (SSSR count). The number of nitrogens with zero attached hydrogens (tertiary/aromatic N) is 1. The van der Waals surface area contributed by atoms with Crippen molar-refractivity contribution < 1.29 is 9.59 Å². The van der Waals surface area contributed by atoms with E-state index >= 15 is 0 Å². The summed E-state index contributed by atoms with van der Waals surface area (Å²) in [6, 6.07) is 10.2. The highest BCUT2D eigenvalue weighted by atomic mass is 35.5. The minimum Gasteiger partial charge on any atom is -0.322 e. The Kier molecular flexibility index (Phi) is 5.21. The number of hydrogen-bond donors (Lipinski definition) is 1. The fourth-order valence-electron chi connectivity index (χ4n) is 1.49. The van der Waals surface area contributed by atoms with E-state index in [4.69, 9.17) is 0 Å². The Morgan fingerprint density at radius 3 is 2.26 bits per heavy atom. The summed E-state index contributed by atoms with van der Waals surface area (Å²) < 4.78 is 0. The maximum atomic E-state index is 11.8. The summed E-state index contributed by atoms with van der Waals surface area (Å²) in [5, 5.41) is 2.73. The lowest BCUT2D eigenvalue weighted by Gasteiger charge is -2.05. The zero-order valence-electron chi connectivity index (χ0n) is 10.3. The first-order valence-corrected chi connectivity index (χ1v) is 5.49. The van der Waals surface area contributed by atoms with E-state index in [2.05, 4.69) is 10.3 Å². The molecule has 0 aliphatic carbocycles. The largest absolute Gasteiger partial charge is 0.322 e. The summed E-state index contributed by atoms with van der Waals surface area (Å²) in [6.07, 6.45) is 3.11. The van der Waals surface area contributed by atoms with Crippen molar-refractivity contribution in [1.29, 1.82) is 0 Å². The van der Waals surface area contributed by atoms with Gasteiger partial charge in [-0.15, -0.1) is 12.4 Å². The monoisotopic (exact) mass is 276 g/mol. The number of benzene rings is 1. The molecule has 0 atom stereocenters. The van der Waals surface area contributed by atoms with Gasteiger partial charge in [-0.2, -0.15) is 0 Å². The van der Waals surface area contributed by atoms with Crippen molar-refractivity contribution in [2.75, 3.05) is 5.32 Å². The van der Waals surface area contributed by atoms with Gasteiger partial charge in [0.1, 0.15) is 0 Å². The Hall–Kier alpha value is -2.20. The predicted octanol–water partition coefficient (Wildman–Crippen LogP) is 2.96. The van der Waals surface area contributed by atoms with Crippen molar-refractivity contribution in [3.05, 3.63) is 59.9 Å². The van der Waals surface area contributed by atoms with Gasteiger partial charge in [-0.25, -0.2) is 0 Å². The van der Waals surface area contributed by atoms with Crippen molar-refractivity contribution in [3.8, 4) is 0 Å². The summed E-state index contributed by atoms with van der Waals surface area (Å²) in [5.41, 5.74) is 1.76. The van der Waals surface area contributed by atoms with Crippen LogP contribution in [0, 0.1) is 0 Å². The Morgan fingerprint density at radius 2 is 1.74 bits per heavy atom. The Bertz CT molecular complexity index is 568. The molecule has 19 heavy (non-hydrogen) atoms. The first-order valence-electron chi connectivity index (χ1n) is 5.49. The van der Waals surface area contributed by atoms with Gasteiger partial charge in [0.25, 0.3) is 5.91 Å². The molecule has 0 saturated heterocycles. The summed E-state index contributed by atoms with van der Waals surface area (Å²) in [7, 11) is 0. The van der Waals surface area contributed by atoms with Crippen molar-refractivity contribution >= 4 is 29.8 Å². The van der Waals surface area contributed by atoms with Crippen molar-refractivity contribution in [3.63, 3.8) is 0 Å². The second-order valence-electron chi connectivity index (χ2n) is 3.83. The van der Waals surface area contributed by atoms with Crippen LogP contribution in [0.1, 0.15) is 27.6 Å². The number of carbonyl (C=O) groups is 2. The third kappa shape index (κ3) is 3.89. The molecule has 5 heteroatoms. The lowest BCUT2D eigenvalue weighted by molar-refractivity contribution is 0.101. The van der Waals surface area contributed by atoms with Crippen LogP contribution < -0.4 is 5.32 Å². The zero-order chi connectivity index (χ0) is 13.0. The number of halogens is 1. The molecule has 4 nitrogen and oxygen atoms in total. The van der Waals surface area contributed by atoms with E-state index in [-0.39, 0.29) is 24.1 Å². The van der Waals surface area contributed by atoms with Gasteiger partial charge >= 0.3 is 0 Å². The first kappa shape index (κ1) is 14.9. The van der Waals surface area contributed by atoms with Gasteiger partial charge in [0.2, 0.25) is 0 Å². The van der Waals surface area contributed by atoms with Crippen LogP contribution in [0.3, 0.4) is 0 Å². The Labute approximate surface area is 117 Å². The van der Waals surface area contributed by atoms with Crippen LogP contribution >= 0.6 is 12.4 Å². The van der Waals surface area contributed by atoms with Crippen LogP contribution in [-0.4, -0.2) is 16.7 Å². The third-order valence-electron chi connectivity index (χ3n) is 2.47. The molecular formula is C14H13ClN2O2. The van der Waals surface area contributed by atoms with Gasteiger partial charge < -0.3 is 5.32 Å². The van der Waals surface area contributed by atoms with Gasteiger partial charge in [-0.05, 0) is 43.3 Å². The van der Waals surface area contributed by atoms with E-state index in [1.165, 1.54) is 13.1 Å². The third-order valence-corrected chi connectivity index (χ3v) is 2.47. The van der Waals surface area contributed by atoms with Crippen LogP contribution in [0.25, 0.3) is 0 Å². The van der Waals surface area contributed by atoms with Gasteiger partial charge in [0.15, 0.2) is 5.78 Å². The average Bonchev–Trinajstić information content (AvgIpc) is 2.40. The normalized spacial score (nSPS) is 9.32. The van der Waals surface area contributed by atoms with Gasteiger partial charge in [-0.3, -0.25) is 14.6 Å². The number of rotatable bonds is 3. The number of nitrogens with one attached hydrogen (secondary N) is 1. The molecule has 98 valence electrons. The summed E-state index contributed by atoms with van der Waals surface area (Å²) in [4.78, 5) is 26.8. The van der Waals surface area contributed by atoms with E-state index in [9.17, 15) is 9.59 Å². The van der Waals surface area contributed by atoms with E-state index in [0.717, 1.165) is 0 Å². The topological polar surface area (TPSA) is 59.1 Å². The molecule has 0 saturated carbocycles. The number of amides is 1. The number of Topliss-reactive ketones (excluding diaryl/α,β-unsaturated/α-hetero) is 1. The van der Waals surface area contributed by atoms with Crippen molar-refractivity contribution in [2.45, 2.75) is 6.92 Å². The molecule has 1 aromatic heterocycles. The molecule has 1 N–H and O–H groups in total. The number of aromatic nitrogens is 1. The maximum absolute atomic E-state index is 11.8. The minimum absolute atomic E-state index is 0. The Balaban J connectivity index is 0.00000180. The van der Waals surface area contributed by atoms with E-state index in [1.807, 2.05) is 0 Å². The van der Waals surface area contributed by atoms with Crippen molar-refractivity contribution in [2.24, 2.45) is 0 Å². The Morgan fingerprint density at radius 1 is 1.05 bits per heavy atom. The molecular weight excluding hydrogens is 264 g/mol. The molecule has 1 heterocycles. The highest BCUT2D eigenvalue weighted by molar-refractivity contribution is 6.04. The highest BCUT2D eigenvalue weighted by Crippen LogP contribution is 2.11. The summed E-state index contributed by atoms with van der Waals surface area (Å²) in [5.74, 6) is -0.223. The molecule has 0 aliphatic heterocycles. The second-order valence-corrected chi connectivity index (χ2v) is 3.83. The number of anilines is 1. The van der Waals surface area contributed by atoms with Gasteiger partial charge in [-0.1, -0.05) is 0 Å². The second kappa shape index (κ2) is 6.66. The lowest BCUT2D eigenvalue weighted by Crippen LogP contribution is -2.12. The SMILES string of the molecule is CC(=O)c1ccc(NC(=O)c2cccnc2)cc1.Cl. The van der Waals surface area contributed by atoms with Crippen LogP contribution in [0.2, 0.25) is 0 Å². The summed E-state index contributed by atoms with van der Waals surface area (Å²) in [6.45, 7) is 1.50. The molecule has 0 bridgehead atoms. The van der Waals surface area contributed by atoms with Crippen LogP contribution in [0.5, 0.6) is 0 Å². The molecule has 0 radical (unpaired) electrons. The molecule has 0 aliphatic rings. The smallest absolute Gasteiger partial charge is 0.257 e. The number of pyridine rings is 1. The zero-order valence-corrected chi connectivity index (χ0v) is 11.1. The van der Waals surface area contributed by atoms with Crippen molar-refractivity contribution in [1.82, 2.24) is 4.98 Å². The predicted molar refractivity (Wildman–Crippen MR) is 75.9 cm³/mol. The van der Waals surface area contributed by atoms with Gasteiger partial charge in [0.05, 0.1) is 5.56 Å². The van der Waals surface area contributed by atoms with Gasteiger partial charge in [0, 0.05) is 23.6 Å². The fraction of sp³-hybridized carbons (Fsp3) is 0.0714. The van der Waals surface area contributed by atoms with Crippen LogP contribution in [-0.2, 0) is 0 Å². The van der Waals surface area contributed by atoms with Crippen LogP contribution in [0.4, 0.5) is 5.69 Å². The lowest BCUT2D eigenvalue weighted by atomic mass is 10.1. The first-order chi connectivity index (χ1) is 8.66. The molecule has 1 aromatic carbocycles. The number of ketones is 1. The van der Waals surface area contributed by atoms with Crippen LogP contribution in [0.15, 0.2) is 48.8 Å². The van der Waals surface area contributed by atoms with E-state index < -0.39 is 0 Å². The highest BCUT2D eigenvalue weighted by Gasteiger charge is 2.06. The fourth-order valence-corrected chi connectivity index (χ4v) is 1.49. The summed E-state index contributed by atoms with van der Waals surface area (Å²) >= 11 is 0. The maximum Gasteiger partial charge on any atom is 0.257 e. The van der Waals surface area contributed by atoms with E-state index in [1.54, 1.807) is 42.6 Å². The quantitative estimate of drug-likeness (QED) is 0.877. The molecule has 1 amide bonds. The van der Waals surface area contributed by atoms with E-state index in [0.29, 0.717) is 16.8 Å². The molecule has 0 spiro atoms. The molecule has 0 fully saturated rings. The standard InChI is InChI=1S/C14H12N2O2.ClH/c1-10(17)11-4-6-13(7-5-11)16-14(18)12-3-2-8-15-9-12;/h2-9H,1H3,(H,16,18);1H. The average molecular weight is 277 g/mol. The molecule has 2 aromatic rings. The minimum atomic E-state index is -0.223. The number of carbonyl (C=O) groups excluding carboxylic acids is 2. The number of hydrogen-bond acceptors (Lipinski definition) is 3.